The predicted molar refractivity (Wildman–Crippen MR) is 132 cm³/mol. The first kappa shape index (κ1) is 24.7. The van der Waals surface area contributed by atoms with Gasteiger partial charge >= 0.3 is 12.1 Å². The number of fused-ring (bicyclic) bond motifs is 3. The van der Waals surface area contributed by atoms with E-state index in [0.29, 0.717) is 29.9 Å². The molecule has 3 aromatic rings. The van der Waals surface area contributed by atoms with Gasteiger partial charge in [-0.05, 0) is 80.0 Å². The Kier molecular flexibility index (Phi) is 7.00. The Labute approximate surface area is 209 Å². The molecular formula is C29H32F3NO3. The van der Waals surface area contributed by atoms with Crippen LogP contribution in [0.1, 0.15) is 86.1 Å². The fourth-order valence-corrected chi connectivity index (χ4v) is 5.92. The monoisotopic (exact) mass is 499 g/mol. The molecule has 2 aliphatic rings. The zero-order valence-corrected chi connectivity index (χ0v) is 20.6. The highest BCUT2D eigenvalue weighted by atomic mass is 19.4. The van der Waals surface area contributed by atoms with Gasteiger partial charge in [0.1, 0.15) is 12.4 Å². The molecule has 1 aliphatic carbocycles. The summed E-state index contributed by atoms with van der Waals surface area (Å²) < 4.78 is 54.8. The van der Waals surface area contributed by atoms with Crippen LogP contribution in [0.25, 0.3) is 10.9 Å². The van der Waals surface area contributed by atoms with Crippen LogP contribution in [0.3, 0.4) is 0 Å². The molecule has 1 aliphatic heterocycles. The van der Waals surface area contributed by atoms with Crippen molar-refractivity contribution in [2.75, 3.05) is 6.61 Å². The van der Waals surface area contributed by atoms with Crippen LogP contribution >= 0.6 is 0 Å². The third kappa shape index (κ3) is 5.11. The molecule has 2 aromatic carbocycles. The van der Waals surface area contributed by atoms with Gasteiger partial charge in [-0.25, -0.2) is 0 Å². The van der Waals surface area contributed by atoms with Gasteiger partial charge in [0.15, 0.2) is 0 Å². The molecule has 1 atom stereocenters. The number of carbonyl (C=O) groups is 1. The van der Waals surface area contributed by atoms with Crippen LogP contribution in [0.2, 0.25) is 0 Å². The maximum Gasteiger partial charge on any atom is 0.416 e. The Balaban J connectivity index is 1.34. The zero-order chi connectivity index (χ0) is 25.3. The first-order valence-corrected chi connectivity index (χ1v) is 12.9. The maximum absolute atomic E-state index is 13.8. The number of aromatic nitrogens is 1. The highest BCUT2D eigenvalue weighted by Crippen LogP contribution is 2.42. The molecule has 0 N–H and O–H groups in total. The summed E-state index contributed by atoms with van der Waals surface area (Å²) in [6, 6.07) is 12.5. The summed E-state index contributed by atoms with van der Waals surface area (Å²) in [5, 5.41) is 1.01. The topological polar surface area (TPSA) is 40.5 Å². The van der Waals surface area contributed by atoms with Crippen LogP contribution in [-0.2, 0) is 28.9 Å². The molecule has 2 heterocycles. The number of hydrogen-bond acceptors (Lipinski definition) is 3. The lowest BCUT2D eigenvalue weighted by Gasteiger charge is -2.24. The largest absolute Gasteiger partial charge is 0.489 e. The first-order chi connectivity index (χ1) is 17.3. The van der Waals surface area contributed by atoms with Crippen LogP contribution in [0.15, 0.2) is 42.5 Å². The second kappa shape index (κ2) is 10.2. The number of esters is 1. The van der Waals surface area contributed by atoms with Crippen molar-refractivity contribution in [2.24, 2.45) is 0 Å². The first-order valence-electron chi connectivity index (χ1n) is 12.9. The smallest absolute Gasteiger partial charge is 0.416 e. The van der Waals surface area contributed by atoms with E-state index in [1.165, 1.54) is 6.07 Å². The fraction of sp³-hybridized carbons (Fsp3) is 0.483. The van der Waals surface area contributed by atoms with E-state index in [4.69, 9.17) is 9.47 Å². The molecule has 0 amide bonds. The average molecular weight is 500 g/mol. The van der Waals surface area contributed by atoms with Gasteiger partial charge in [-0.1, -0.05) is 25.0 Å². The molecule has 4 nitrogen and oxygen atoms in total. The van der Waals surface area contributed by atoms with Gasteiger partial charge in [0.2, 0.25) is 0 Å². The van der Waals surface area contributed by atoms with E-state index in [0.717, 1.165) is 61.7 Å². The SMILES string of the molecule is CCOC(=O)CC1CCCn2c1cc1cc(OCc3ccc(C4CCCC4)c(C(F)(F)F)c3)ccc12. The van der Waals surface area contributed by atoms with E-state index < -0.39 is 11.7 Å². The van der Waals surface area contributed by atoms with Gasteiger partial charge < -0.3 is 14.0 Å². The number of hydrogen-bond donors (Lipinski definition) is 0. The summed E-state index contributed by atoms with van der Waals surface area (Å²) in [6.45, 7) is 3.15. The van der Waals surface area contributed by atoms with Crippen molar-refractivity contribution in [3.8, 4) is 5.75 Å². The van der Waals surface area contributed by atoms with E-state index >= 15 is 0 Å². The number of benzene rings is 2. The number of ether oxygens (including phenoxy) is 2. The molecule has 0 bridgehead atoms. The summed E-state index contributed by atoms with van der Waals surface area (Å²) in [4.78, 5) is 12.1. The van der Waals surface area contributed by atoms with Gasteiger partial charge in [-0.2, -0.15) is 13.2 Å². The number of alkyl halides is 3. The number of aryl methyl sites for hydroxylation is 1. The van der Waals surface area contributed by atoms with E-state index in [2.05, 4.69) is 10.6 Å². The third-order valence-electron chi connectivity index (χ3n) is 7.60. The Bertz CT molecular complexity index is 1240. The Morgan fingerprint density at radius 3 is 2.58 bits per heavy atom. The molecule has 192 valence electrons. The summed E-state index contributed by atoms with van der Waals surface area (Å²) in [6.07, 6.45) is 1.55. The maximum atomic E-state index is 13.8. The lowest BCUT2D eigenvalue weighted by Crippen LogP contribution is -2.18. The van der Waals surface area contributed by atoms with Gasteiger partial charge in [0, 0.05) is 29.1 Å². The van der Waals surface area contributed by atoms with Crippen LogP contribution < -0.4 is 4.74 Å². The summed E-state index contributed by atoms with van der Waals surface area (Å²) in [5.41, 5.74) is 2.60. The van der Waals surface area contributed by atoms with Crippen LogP contribution in [0.5, 0.6) is 5.75 Å². The van der Waals surface area contributed by atoms with Crippen LogP contribution in [0, 0.1) is 0 Å². The Morgan fingerprint density at radius 1 is 1.03 bits per heavy atom. The van der Waals surface area contributed by atoms with Crippen molar-refractivity contribution < 1.29 is 27.4 Å². The second-order valence-corrected chi connectivity index (χ2v) is 9.98. The molecule has 1 aromatic heterocycles. The lowest BCUT2D eigenvalue weighted by molar-refractivity contribution is -0.143. The van der Waals surface area contributed by atoms with Crippen LogP contribution in [0.4, 0.5) is 13.2 Å². The van der Waals surface area contributed by atoms with E-state index in [1.807, 2.05) is 25.1 Å². The second-order valence-electron chi connectivity index (χ2n) is 9.98. The molecule has 0 saturated heterocycles. The molecule has 36 heavy (non-hydrogen) atoms. The van der Waals surface area contributed by atoms with Crippen LogP contribution in [-0.4, -0.2) is 17.1 Å². The van der Waals surface area contributed by atoms with Crippen molar-refractivity contribution in [3.63, 3.8) is 0 Å². The highest BCUT2D eigenvalue weighted by Gasteiger charge is 2.36. The zero-order valence-electron chi connectivity index (χ0n) is 20.6. The minimum atomic E-state index is -4.38. The fourth-order valence-electron chi connectivity index (χ4n) is 5.92. The number of halogens is 3. The standard InChI is InChI=1S/C29H32F3NO3/c1-2-35-28(34)17-21-8-5-13-33-26-12-10-23(15-22(26)16-27(21)33)36-18-19-9-11-24(20-6-3-4-7-20)25(14-19)29(30,31)32/h9-12,14-16,20-21H,2-8,13,17-18H2,1H3. The number of carbonyl (C=O) groups excluding carboxylic acids is 1. The predicted octanol–water partition coefficient (Wildman–Crippen LogP) is 7.73. The Hall–Kier alpha value is -2.96. The Morgan fingerprint density at radius 2 is 1.83 bits per heavy atom. The van der Waals surface area contributed by atoms with Crippen molar-refractivity contribution in [2.45, 2.75) is 83.0 Å². The average Bonchev–Trinajstić information content (AvgIpc) is 3.51. The van der Waals surface area contributed by atoms with E-state index in [1.54, 1.807) is 12.1 Å². The summed E-state index contributed by atoms with van der Waals surface area (Å²) in [5.74, 6) is 0.546. The molecule has 0 spiro atoms. The third-order valence-corrected chi connectivity index (χ3v) is 7.60. The molecule has 1 saturated carbocycles. The minimum Gasteiger partial charge on any atom is -0.489 e. The molecule has 1 fully saturated rings. The molecule has 0 radical (unpaired) electrons. The molecule has 1 unspecified atom stereocenters. The van der Waals surface area contributed by atoms with E-state index in [9.17, 15) is 18.0 Å². The lowest BCUT2D eigenvalue weighted by atomic mass is 9.91. The van der Waals surface area contributed by atoms with Crippen molar-refractivity contribution in [1.82, 2.24) is 4.57 Å². The normalized spacial score (nSPS) is 18.4. The van der Waals surface area contributed by atoms with Gasteiger partial charge in [0.05, 0.1) is 18.6 Å². The molecule has 5 rings (SSSR count). The van der Waals surface area contributed by atoms with Gasteiger partial charge in [-0.3, -0.25) is 4.79 Å². The minimum absolute atomic E-state index is 0.00692. The molecule has 7 heteroatoms. The number of rotatable bonds is 7. The quantitative estimate of drug-likeness (QED) is 0.312. The summed E-state index contributed by atoms with van der Waals surface area (Å²) >= 11 is 0. The summed E-state index contributed by atoms with van der Waals surface area (Å²) in [7, 11) is 0. The van der Waals surface area contributed by atoms with Gasteiger partial charge in [0.25, 0.3) is 0 Å². The van der Waals surface area contributed by atoms with Crippen molar-refractivity contribution >= 4 is 16.9 Å². The molecular weight excluding hydrogens is 467 g/mol. The van der Waals surface area contributed by atoms with Crippen molar-refractivity contribution in [1.29, 1.82) is 0 Å². The number of nitrogens with zero attached hydrogens (tertiary/aromatic N) is 1. The van der Waals surface area contributed by atoms with E-state index in [-0.39, 0.29) is 24.4 Å². The van der Waals surface area contributed by atoms with Crippen molar-refractivity contribution in [3.05, 3.63) is 64.8 Å². The van der Waals surface area contributed by atoms with Gasteiger partial charge in [-0.15, -0.1) is 0 Å². The highest BCUT2D eigenvalue weighted by molar-refractivity contribution is 5.83.